The maximum absolute atomic E-state index is 13.0. The van der Waals surface area contributed by atoms with E-state index in [1.165, 1.54) is 16.7 Å². The van der Waals surface area contributed by atoms with E-state index in [9.17, 15) is 9.59 Å². The van der Waals surface area contributed by atoms with Crippen molar-refractivity contribution in [1.29, 1.82) is 0 Å². The number of anilines is 2. The molecule has 5 nitrogen and oxygen atoms in total. The second-order valence-corrected chi connectivity index (χ2v) is 9.03. The molecule has 2 heterocycles. The van der Waals surface area contributed by atoms with Crippen molar-refractivity contribution < 1.29 is 9.59 Å². The predicted molar refractivity (Wildman–Crippen MR) is 131 cm³/mol. The summed E-state index contributed by atoms with van der Waals surface area (Å²) in [6, 6.07) is 24.9. The third-order valence-electron chi connectivity index (χ3n) is 6.69. The van der Waals surface area contributed by atoms with E-state index < -0.39 is 0 Å². The van der Waals surface area contributed by atoms with Gasteiger partial charge < -0.3 is 10.2 Å². The van der Waals surface area contributed by atoms with E-state index >= 15 is 0 Å². The number of nitrogens with zero attached hydrogens (tertiary/aromatic N) is 2. The summed E-state index contributed by atoms with van der Waals surface area (Å²) in [5.74, 6) is 0.361. The molecule has 1 saturated heterocycles. The first-order valence-electron chi connectivity index (χ1n) is 11.6. The number of amides is 2. The maximum atomic E-state index is 13.0. The van der Waals surface area contributed by atoms with Crippen molar-refractivity contribution in [3.8, 4) is 0 Å². The summed E-state index contributed by atoms with van der Waals surface area (Å²) in [7, 11) is 0. The fourth-order valence-corrected chi connectivity index (χ4v) is 5.06. The number of fused-ring (bicyclic) bond motifs is 1. The van der Waals surface area contributed by atoms with Crippen molar-refractivity contribution in [2.75, 3.05) is 29.9 Å². The minimum Gasteiger partial charge on any atom is -0.325 e. The first-order valence-corrected chi connectivity index (χ1v) is 11.6. The second-order valence-electron chi connectivity index (χ2n) is 9.03. The summed E-state index contributed by atoms with van der Waals surface area (Å²) in [5, 5.41) is 3.06. The Kier molecular flexibility index (Phi) is 5.97. The number of carbonyl (C=O) groups is 2. The van der Waals surface area contributed by atoms with Crippen LogP contribution >= 0.6 is 0 Å². The van der Waals surface area contributed by atoms with Crippen molar-refractivity contribution in [1.82, 2.24) is 4.90 Å². The molecule has 1 atom stereocenters. The lowest BCUT2D eigenvalue weighted by atomic mass is 9.84. The van der Waals surface area contributed by atoms with Crippen LogP contribution in [0.15, 0.2) is 72.8 Å². The van der Waals surface area contributed by atoms with Crippen molar-refractivity contribution in [3.63, 3.8) is 0 Å². The van der Waals surface area contributed by atoms with Crippen LogP contribution in [0.25, 0.3) is 0 Å². The van der Waals surface area contributed by atoms with Crippen molar-refractivity contribution in [3.05, 3.63) is 95.1 Å². The highest BCUT2D eigenvalue weighted by Crippen LogP contribution is 2.33. The molecule has 168 valence electrons. The third kappa shape index (κ3) is 4.55. The molecular formula is C28H29N3O2. The van der Waals surface area contributed by atoms with Crippen LogP contribution in [0.4, 0.5) is 11.4 Å². The van der Waals surface area contributed by atoms with Crippen LogP contribution < -0.4 is 10.2 Å². The Morgan fingerprint density at radius 2 is 1.82 bits per heavy atom. The highest BCUT2D eigenvalue weighted by atomic mass is 16.2. The molecule has 1 N–H and O–H groups in total. The van der Waals surface area contributed by atoms with Gasteiger partial charge in [0.05, 0.1) is 6.54 Å². The van der Waals surface area contributed by atoms with Gasteiger partial charge >= 0.3 is 0 Å². The zero-order valence-electron chi connectivity index (χ0n) is 19.0. The molecule has 1 fully saturated rings. The summed E-state index contributed by atoms with van der Waals surface area (Å²) in [6.07, 6.45) is 1.48. The molecule has 0 aromatic heterocycles. The van der Waals surface area contributed by atoms with Gasteiger partial charge in [0, 0.05) is 43.3 Å². The van der Waals surface area contributed by atoms with Gasteiger partial charge in [-0.1, -0.05) is 60.7 Å². The van der Waals surface area contributed by atoms with Gasteiger partial charge in [0.1, 0.15) is 0 Å². The standard InChI is InChI=1S/C28H29N3O2/c1-20-13-14-23(16-26(20)31-15-7-12-28(31)33)29-27(32)19-30-17-22-10-5-6-11-24(22)25(18-30)21-8-3-2-4-9-21/h2-6,8-11,13-14,16,25H,7,12,15,17-19H2,1H3,(H,29,32). The van der Waals surface area contributed by atoms with Gasteiger partial charge in [0.25, 0.3) is 0 Å². The Morgan fingerprint density at radius 3 is 2.61 bits per heavy atom. The van der Waals surface area contributed by atoms with Crippen LogP contribution in [0.5, 0.6) is 0 Å². The molecule has 2 amide bonds. The van der Waals surface area contributed by atoms with E-state index in [1.807, 2.05) is 36.1 Å². The SMILES string of the molecule is Cc1ccc(NC(=O)CN2Cc3ccccc3C(c3ccccc3)C2)cc1N1CCCC1=O. The molecule has 5 rings (SSSR count). The van der Waals surface area contributed by atoms with Crippen LogP contribution in [0.1, 0.15) is 41.0 Å². The van der Waals surface area contributed by atoms with E-state index in [-0.39, 0.29) is 17.7 Å². The van der Waals surface area contributed by atoms with Gasteiger partial charge in [-0.15, -0.1) is 0 Å². The number of carbonyl (C=O) groups excluding carboxylic acids is 2. The van der Waals surface area contributed by atoms with Gasteiger partial charge in [-0.05, 0) is 47.7 Å². The number of benzene rings is 3. The highest BCUT2D eigenvalue weighted by Gasteiger charge is 2.28. The highest BCUT2D eigenvalue weighted by molar-refractivity contribution is 5.98. The van der Waals surface area contributed by atoms with Crippen LogP contribution in [0, 0.1) is 6.92 Å². The van der Waals surface area contributed by atoms with Gasteiger partial charge in [-0.2, -0.15) is 0 Å². The first-order chi connectivity index (χ1) is 16.1. The number of hydrogen-bond acceptors (Lipinski definition) is 3. The molecule has 1 unspecified atom stereocenters. The van der Waals surface area contributed by atoms with Gasteiger partial charge in [0.2, 0.25) is 11.8 Å². The van der Waals surface area contributed by atoms with E-state index in [0.29, 0.717) is 13.0 Å². The Hall–Kier alpha value is -3.44. The smallest absolute Gasteiger partial charge is 0.238 e. The summed E-state index contributed by atoms with van der Waals surface area (Å²) in [5.41, 5.74) is 6.56. The fourth-order valence-electron chi connectivity index (χ4n) is 5.06. The number of aryl methyl sites for hydroxylation is 1. The quantitative estimate of drug-likeness (QED) is 0.627. The summed E-state index contributed by atoms with van der Waals surface area (Å²) >= 11 is 0. The predicted octanol–water partition coefficient (Wildman–Crippen LogP) is 4.71. The fraction of sp³-hybridized carbons (Fsp3) is 0.286. The van der Waals surface area contributed by atoms with E-state index in [1.54, 1.807) is 0 Å². The monoisotopic (exact) mass is 439 g/mol. The average molecular weight is 440 g/mol. The molecule has 3 aromatic rings. The zero-order valence-corrected chi connectivity index (χ0v) is 19.0. The molecule has 5 heteroatoms. The zero-order chi connectivity index (χ0) is 22.8. The van der Waals surface area contributed by atoms with Crippen LogP contribution in [-0.2, 0) is 16.1 Å². The minimum absolute atomic E-state index is 0.0382. The topological polar surface area (TPSA) is 52.7 Å². The Bertz CT molecular complexity index is 1170. The Labute approximate surface area is 195 Å². The van der Waals surface area contributed by atoms with Gasteiger partial charge in [0.15, 0.2) is 0 Å². The second kappa shape index (κ2) is 9.20. The molecule has 0 bridgehead atoms. The van der Waals surface area contributed by atoms with Gasteiger partial charge in [-0.3, -0.25) is 14.5 Å². The number of nitrogens with one attached hydrogen (secondary N) is 1. The third-order valence-corrected chi connectivity index (χ3v) is 6.69. The molecule has 3 aromatic carbocycles. The molecule has 0 aliphatic carbocycles. The number of rotatable bonds is 5. The summed E-state index contributed by atoms with van der Waals surface area (Å²) in [6.45, 7) is 4.63. The molecular weight excluding hydrogens is 410 g/mol. The largest absolute Gasteiger partial charge is 0.325 e. The van der Waals surface area contributed by atoms with Gasteiger partial charge in [-0.25, -0.2) is 0 Å². The minimum atomic E-state index is -0.0382. The van der Waals surface area contributed by atoms with E-state index in [0.717, 1.165) is 43.0 Å². The maximum Gasteiger partial charge on any atom is 0.238 e. The lowest BCUT2D eigenvalue weighted by Gasteiger charge is -2.34. The normalized spacial score (nSPS) is 18.3. The summed E-state index contributed by atoms with van der Waals surface area (Å²) in [4.78, 5) is 29.2. The average Bonchev–Trinajstić information content (AvgIpc) is 3.26. The van der Waals surface area contributed by atoms with E-state index in [2.05, 4.69) is 58.7 Å². The van der Waals surface area contributed by atoms with Crippen LogP contribution in [0.3, 0.4) is 0 Å². The van der Waals surface area contributed by atoms with E-state index in [4.69, 9.17) is 0 Å². The molecule has 2 aliphatic rings. The lowest BCUT2D eigenvalue weighted by Crippen LogP contribution is -2.39. The molecule has 0 spiro atoms. The number of hydrogen-bond donors (Lipinski definition) is 1. The van der Waals surface area contributed by atoms with Crippen molar-refractivity contribution >= 4 is 23.2 Å². The van der Waals surface area contributed by atoms with Crippen LogP contribution in [-0.4, -0.2) is 36.3 Å². The van der Waals surface area contributed by atoms with Crippen molar-refractivity contribution in [2.45, 2.75) is 32.2 Å². The lowest BCUT2D eigenvalue weighted by molar-refractivity contribution is -0.118. The molecule has 0 saturated carbocycles. The molecule has 33 heavy (non-hydrogen) atoms. The van der Waals surface area contributed by atoms with Crippen LogP contribution in [0.2, 0.25) is 0 Å². The first kappa shape index (κ1) is 21.4. The summed E-state index contributed by atoms with van der Waals surface area (Å²) < 4.78 is 0. The molecule has 2 aliphatic heterocycles. The Balaban J connectivity index is 1.31. The Morgan fingerprint density at radius 1 is 1.03 bits per heavy atom. The van der Waals surface area contributed by atoms with Crippen molar-refractivity contribution in [2.24, 2.45) is 0 Å². The molecule has 0 radical (unpaired) electrons.